The fourth-order valence-electron chi connectivity index (χ4n) is 1.77. The fraction of sp³-hybridized carbons (Fsp3) is 0.250. The Hall–Kier alpha value is -1.85. The van der Waals surface area contributed by atoms with Crippen LogP contribution in [0.25, 0.3) is 10.9 Å². The average Bonchev–Trinajstić information content (AvgIpc) is 2.79. The highest BCUT2D eigenvalue weighted by molar-refractivity contribution is 5.91. The first-order chi connectivity index (χ1) is 8.15. The Kier molecular flexibility index (Phi) is 3.12. The van der Waals surface area contributed by atoms with E-state index < -0.39 is 6.04 Å². The quantitative estimate of drug-likeness (QED) is 0.782. The normalized spacial score (nSPS) is 12.6. The predicted octanol–water partition coefficient (Wildman–Crippen LogP) is 1.19. The highest BCUT2D eigenvalue weighted by atomic mass is 16.7. The van der Waals surface area contributed by atoms with Crippen LogP contribution in [0.15, 0.2) is 30.5 Å². The summed E-state index contributed by atoms with van der Waals surface area (Å²) in [7, 11) is 2.97. The van der Waals surface area contributed by atoms with Crippen molar-refractivity contribution in [3.8, 4) is 0 Å². The molecule has 0 saturated carbocycles. The first-order valence-corrected chi connectivity index (χ1v) is 5.28. The summed E-state index contributed by atoms with van der Waals surface area (Å²) >= 11 is 0. The lowest BCUT2D eigenvalue weighted by atomic mass is 10.1. The molecule has 5 heteroatoms. The van der Waals surface area contributed by atoms with Crippen LogP contribution in [0.5, 0.6) is 0 Å². The van der Waals surface area contributed by atoms with E-state index in [1.54, 1.807) is 6.20 Å². The van der Waals surface area contributed by atoms with Crippen LogP contribution < -0.4 is 5.73 Å². The summed E-state index contributed by atoms with van der Waals surface area (Å²) in [6.45, 7) is 0. The monoisotopic (exact) mass is 233 g/mol. The third-order valence-electron chi connectivity index (χ3n) is 2.81. The molecule has 0 bridgehead atoms. The number of nitrogens with zero attached hydrogens (tertiary/aromatic N) is 1. The van der Waals surface area contributed by atoms with E-state index in [1.807, 2.05) is 24.3 Å². The van der Waals surface area contributed by atoms with Gasteiger partial charge in [-0.15, -0.1) is 0 Å². The van der Waals surface area contributed by atoms with Crippen LogP contribution >= 0.6 is 0 Å². The molecule has 0 aliphatic rings. The minimum Gasteiger partial charge on any atom is -0.361 e. The fourth-order valence-corrected chi connectivity index (χ4v) is 1.77. The molecule has 1 unspecified atom stereocenters. The van der Waals surface area contributed by atoms with E-state index in [2.05, 4.69) is 4.98 Å². The maximum Gasteiger partial charge on any atom is 0.267 e. The topological polar surface area (TPSA) is 71.3 Å². The Bertz CT molecular complexity index is 535. The van der Waals surface area contributed by atoms with Gasteiger partial charge in [0.2, 0.25) is 0 Å². The Morgan fingerprint density at radius 3 is 2.88 bits per heavy atom. The number of likely N-dealkylation sites (N-methyl/N-ethyl adjacent to an activating group) is 1. The molecule has 0 fully saturated rings. The van der Waals surface area contributed by atoms with Gasteiger partial charge in [0, 0.05) is 29.7 Å². The van der Waals surface area contributed by atoms with E-state index in [1.165, 1.54) is 14.2 Å². The minimum absolute atomic E-state index is 0.280. The van der Waals surface area contributed by atoms with Crippen molar-refractivity contribution in [2.24, 2.45) is 5.73 Å². The van der Waals surface area contributed by atoms with Gasteiger partial charge >= 0.3 is 0 Å². The molecule has 0 saturated heterocycles. The Balaban J connectivity index is 2.37. The third-order valence-corrected chi connectivity index (χ3v) is 2.81. The molecule has 2 aromatic rings. The summed E-state index contributed by atoms with van der Waals surface area (Å²) < 4.78 is 0. The zero-order valence-corrected chi connectivity index (χ0v) is 9.81. The number of rotatable bonds is 3. The smallest absolute Gasteiger partial charge is 0.267 e. The van der Waals surface area contributed by atoms with Crippen molar-refractivity contribution < 1.29 is 9.63 Å². The number of nitrogens with two attached hydrogens (primary N) is 1. The van der Waals surface area contributed by atoms with Gasteiger partial charge in [-0.3, -0.25) is 9.63 Å². The summed E-state index contributed by atoms with van der Waals surface area (Å²) in [5.41, 5.74) is 7.67. The molecule has 0 aliphatic carbocycles. The highest BCUT2D eigenvalue weighted by Gasteiger charge is 2.22. The molecule has 1 amide bonds. The zero-order valence-electron chi connectivity index (χ0n) is 9.81. The number of para-hydroxylation sites is 1. The average molecular weight is 233 g/mol. The lowest BCUT2D eigenvalue weighted by molar-refractivity contribution is -0.170. The molecule has 1 atom stereocenters. The standard InChI is InChI=1S/C12H15N3O2/c1-15(17-2)12(16)11(13)9-7-14-10-6-4-3-5-8(9)10/h3-7,11,14H,13H2,1-2H3. The molecule has 90 valence electrons. The molecule has 1 heterocycles. The number of H-pyrrole nitrogens is 1. The van der Waals surface area contributed by atoms with Gasteiger partial charge in [0.15, 0.2) is 0 Å². The number of aromatic amines is 1. The van der Waals surface area contributed by atoms with Gasteiger partial charge in [0.05, 0.1) is 7.11 Å². The van der Waals surface area contributed by atoms with Crippen LogP contribution in [0.2, 0.25) is 0 Å². The van der Waals surface area contributed by atoms with E-state index in [0.29, 0.717) is 0 Å². The van der Waals surface area contributed by atoms with E-state index in [4.69, 9.17) is 10.6 Å². The molecule has 0 aliphatic heterocycles. The molecule has 2 rings (SSSR count). The highest BCUT2D eigenvalue weighted by Crippen LogP contribution is 2.23. The number of hydrogen-bond donors (Lipinski definition) is 2. The van der Waals surface area contributed by atoms with E-state index in [0.717, 1.165) is 21.5 Å². The molecular formula is C12H15N3O2. The number of amides is 1. The van der Waals surface area contributed by atoms with Crippen LogP contribution in [0.4, 0.5) is 0 Å². The molecule has 1 aromatic carbocycles. The number of carbonyl (C=O) groups is 1. The minimum atomic E-state index is -0.726. The van der Waals surface area contributed by atoms with Crippen molar-refractivity contribution in [2.75, 3.05) is 14.2 Å². The second-order valence-electron chi connectivity index (χ2n) is 3.79. The lowest BCUT2D eigenvalue weighted by Gasteiger charge is -2.18. The van der Waals surface area contributed by atoms with Gasteiger partial charge in [-0.25, -0.2) is 5.06 Å². The van der Waals surface area contributed by atoms with Gasteiger partial charge in [0.1, 0.15) is 6.04 Å². The van der Waals surface area contributed by atoms with Crippen molar-refractivity contribution in [1.82, 2.24) is 10.0 Å². The van der Waals surface area contributed by atoms with Crippen LogP contribution in [0, 0.1) is 0 Å². The zero-order chi connectivity index (χ0) is 12.4. The van der Waals surface area contributed by atoms with E-state index >= 15 is 0 Å². The van der Waals surface area contributed by atoms with Crippen molar-refractivity contribution >= 4 is 16.8 Å². The molecule has 1 aromatic heterocycles. The van der Waals surface area contributed by atoms with Gasteiger partial charge in [-0.05, 0) is 6.07 Å². The van der Waals surface area contributed by atoms with Crippen LogP contribution in [-0.4, -0.2) is 30.1 Å². The predicted molar refractivity (Wildman–Crippen MR) is 65.0 cm³/mol. The number of nitrogens with one attached hydrogen (secondary N) is 1. The second-order valence-corrected chi connectivity index (χ2v) is 3.79. The van der Waals surface area contributed by atoms with Crippen molar-refractivity contribution in [1.29, 1.82) is 0 Å². The number of aromatic nitrogens is 1. The Morgan fingerprint density at radius 2 is 2.18 bits per heavy atom. The third kappa shape index (κ3) is 2.02. The van der Waals surface area contributed by atoms with Crippen molar-refractivity contribution in [2.45, 2.75) is 6.04 Å². The number of hydroxylamine groups is 2. The SMILES string of the molecule is CON(C)C(=O)C(N)c1c[nH]c2ccccc12. The maximum atomic E-state index is 11.9. The van der Waals surface area contributed by atoms with Crippen LogP contribution in [0.3, 0.4) is 0 Å². The molecule has 0 radical (unpaired) electrons. The van der Waals surface area contributed by atoms with Gasteiger partial charge in [-0.2, -0.15) is 0 Å². The number of carbonyl (C=O) groups excluding carboxylic acids is 1. The first-order valence-electron chi connectivity index (χ1n) is 5.28. The van der Waals surface area contributed by atoms with Crippen LogP contribution in [0.1, 0.15) is 11.6 Å². The second kappa shape index (κ2) is 4.57. The maximum absolute atomic E-state index is 11.9. The summed E-state index contributed by atoms with van der Waals surface area (Å²) in [6, 6.07) is 6.99. The molecular weight excluding hydrogens is 218 g/mol. The van der Waals surface area contributed by atoms with Crippen molar-refractivity contribution in [3.63, 3.8) is 0 Å². The number of hydrogen-bond acceptors (Lipinski definition) is 3. The van der Waals surface area contributed by atoms with E-state index in [9.17, 15) is 4.79 Å². The van der Waals surface area contributed by atoms with Crippen LogP contribution in [-0.2, 0) is 9.63 Å². The largest absolute Gasteiger partial charge is 0.361 e. The van der Waals surface area contributed by atoms with E-state index in [-0.39, 0.29) is 5.91 Å². The Labute approximate surface area is 99.1 Å². The van der Waals surface area contributed by atoms with Gasteiger partial charge in [-0.1, -0.05) is 18.2 Å². The summed E-state index contributed by atoms with van der Waals surface area (Å²) in [4.78, 5) is 19.8. The van der Waals surface area contributed by atoms with Gasteiger partial charge < -0.3 is 10.7 Å². The molecule has 3 N–H and O–H groups in total. The summed E-state index contributed by atoms with van der Waals surface area (Å²) in [5, 5.41) is 2.09. The Morgan fingerprint density at radius 1 is 1.47 bits per heavy atom. The lowest BCUT2D eigenvalue weighted by Crippen LogP contribution is -2.34. The number of fused-ring (bicyclic) bond motifs is 1. The van der Waals surface area contributed by atoms with Gasteiger partial charge in [0.25, 0.3) is 5.91 Å². The molecule has 17 heavy (non-hydrogen) atoms. The molecule has 5 nitrogen and oxygen atoms in total. The molecule has 0 spiro atoms. The number of benzene rings is 1. The van der Waals surface area contributed by atoms with Crippen molar-refractivity contribution in [3.05, 3.63) is 36.0 Å². The summed E-state index contributed by atoms with van der Waals surface area (Å²) in [6.07, 6.45) is 1.76. The summed E-state index contributed by atoms with van der Waals surface area (Å²) in [5.74, 6) is -0.280. The first kappa shape index (κ1) is 11.6.